The summed E-state index contributed by atoms with van der Waals surface area (Å²) in [5, 5.41) is 5.78. The first kappa shape index (κ1) is 11.0. The van der Waals surface area contributed by atoms with Crippen LogP contribution in [-0.2, 0) is 0 Å². The SMILES string of the molecule is NC(c1nc(-c2ncccn2)no1)c1cccs1. The molecular formula is C11H9N5OS. The Morgan fingerprint density at radius 1 is 1.17 bits per heavy atom. The van der Waals surface area contributed by atoms with Crippen LogP contribution >= 0.6 is 11.3 Å². The normalized spacial score (nSPS) is 12.5. The van der Waals surface area contributed by atoms with Crippen LogP contribution in [-0.4, -0.2) is 20.1 Å². The van der Waals surface area contributed by atoms with Gasteiger partial charge in [-0.3, -0.25) is 0 Å². The van der Waals surface area contributed by atoms with Crippen molar-refractivity contribution >= 4 is 11.3 Å². The van der Waals surface area contributed by atoms with Gasteiger partial charge in [0.25, 0.3) is 0 Å². The number of nitrogens with zero attached hydrogens (tertiary/aromatic N) is 4. The van der Waals surface area contributed by atoms with E-state index in [1.54, 1.807) is 29.8 Å². The fraction of sp³-hybridized carbons (Fsp3) is 0.0909. The Morgan fingerprint density at radius 3 is 2.72 bits per heavy atom. The third kappa shape index (κ3) is 2.01. The lowest BCUT2D eigenvalue weighted by atomic mass is 10.2. The van der Waals surface area contributed by atoms with Gasteiger partial charge in [-0.15, -0.1) is 11.3 Å². The van der Waals surface area contributed by atoms with Gasteiger partial charge in [0, 0.05) is 17.3 Å². The van der Waals surface area contributed by atoms with Crippen LogP contribution in [0, 0.1) is 0 Å². The van der Waals surface area contributed by atoms with E-state index in [-0.39, 0.29) is 0 Å². The van der Waals surface area contributed by atoms with Gasteiger partial charge in [-0.2, -0.15) is 4.98 Å². The molecule has 0 bridgehead atoms. The van der Waals surface area contributed by atoms with Crippen LogP contribution in [0.25, 0.3) is 11.6 Å². The minimum absolute atomic E-state index is 0.345. The van der Waals surface area contributed by atoms with Gasteiger partial charge in [-0.1, -0.05) is 11.2 Å². The summed E-state index contributed by atoms with van der Waals surface area (Å²) in [7, 11) is 0. The summed E-state index contributed by atoms with van der Waals surface area (Å²) in [4.78, 5) is 13.3. The van der Waals surface area contributed by atoms with E-state index in [0.29, 0.717) is 17.5 Å². The van der Waals surface area contributed by atoms with Crippen molar-refractivity contribution < 1.29 is 4.52 Å². The molecule has 1 atom stereocenters. The Hall–Kier alpha value is -2.12. The van der Waals surface area contributed by atoms with E-state index in [4.69, 9.17) is 10.3 Å². The van der Waals surface area contributed by atoms with Gasteiger partial charge in [0.05, 0.1) is 0 Å². The summed E-state index contributed by atoms with van der Waals surface area (Å²) >= 11 is 1.55. The van der Waals surface area contributed by atoms with E-state index >= 15 is 0 Å². The van der Waals surface area contributed by atoms with Gasteiger partial charge >= 0.3 is 0 Å². The highest BCUT2D eigenvalue weighted by Gasteiger charge is 2.19. The second kappa shape index (κ2) is 4.63. The van der Waals surface area contributed by atoms with Gasteiger partial charge in [-0.25, -0.2) is 9.97 Å². The van der Waals surface area contributed by atoms with E-state index in [0.717, 1.165) is 4.88 Å². The molecule has 3 rings (SSSR count). The smallest absolute Gasteiger partial charge is 0.249 e. The fourth-order valence-electron chi connectivity index (χ4n) is 1.46. The molecule has 18 heavy (non-hydrogen) atoms. The predicted molar refractivity (Wildman–Crippen MR) is 65.7 cm³/mol. The molecule has 3 aromatic heterocycles. The number of hydrogen-bond donors (Lipinski definition) is 1. The maximum Gasteiger partial charge on any atom is 0.249 e. The molecule has 1 unspecified atom stereocenters. The Bertz CT molecular complexity index is 622. The highest BCUT2D eigenvalue weighted by molar-refractivity contribution is 7.10. The van der Waals surface area contributed by atoms with Crippen molar-refractivity contribution in [2.24, 2.45) is 5.73 Å². The van der Waals surface area contributed by atoms with E-state index < -0.39 is 6.04 Å². The molecule has 0 aliphatic rings. The maximum absolute atomic E-state index is 6.03. The van der Waals surface area contributed by atoms with Crippen LogP contribution in [0.1, 0.15) is 16.8 Å². The zero-order chi connectivity index (χ0) is 12.4. The van der Waals surface area contributed by atoms with Crippen molar-refractivity contribution in [3.05, 3.63) is 46.7 Å². The van der Waals surface area contributed by atoms with Crippen LogP contribution in [0.3, 0.4) is 0 Å². The summed E-state index contributed by atoms with van der Waals surface area (Å²) in [6.07, 6.45) is 3.25. The standard InChI is InChI=1S/C11H9N5OS/c12-8(7-3-1-6-18-7)11-15-10(16-17-11)9-13-4-2-5-14-9/h1-6,8H,12H2. The van der Waals surface area contributed by atoms with Crippen LogP contribution in [0.5, 0.6) is 0 Å². The lowest BCUT2D eigenvalue weighted by Gasteiger charge is -2.01. The number of thiophene rings is 1. The van der Waals surface area contributed by atoms with Crippen molar-refractivity contribution in [2.75, 3.05) is 0 Å². The molecule has 0 spiro atoms. The first-order valence-electron chi connectivity index (χ1n) is 5.24. The molecular weight excluding hydrogens is 250 g/mol. The van der Waals surface area contributed by atoms with E-state index in [2.05, 4.69) is 20.1 Å². The number of nitrogens with two attached hydrogens (primary N) is 1. The molecule has 0 aliphatic carbocycles. The summed E-state index contributed by atoms with van der Waals surface area (Å²) in [6.45, 7) is 0. The monoisotopic (exact) mass is 259 g/mol. The van der Waals surface area contributed by atoms with Crippen LogP contribution in [0.15, 0.2) is 40.5 Å². The summed E-state index contributed by atoms with van der Waals surface area (Å²) in [5.41, 5.74) is 6.03. The van der Waals surface area contributed by atoms with Crippen molar-refractivity contribution in [2.45, 2.75) is 6.04 Å². The summed E-state index contributed by atoms with van der Waals surface area (Å²) < 4.78 is 5.15. The third-order valence-electron chi connectivity index (χ3n) is 2.32. The van der Waals surface area contributed by atoms with Crippen molar-refractivity contribution in [1.82, 2.24) is 20.1 Å². The quantitative estimate of drug-likeness (QED) is 0.768. The molecule has 3 aromatic rings. The molecule has 3 heterocycles. The average molecular weight is 259 g/mol. The molecule has 0 saturated heterocycles. The van der Waals surface area contributed by atoms with E-state index in [1.807, 2.05) is 17.5 Å². The van der Waals surface area contributed by atoms with Crippen LogP contribution in [0.2, 0.25) is 0 Å². The molecule has 0 saturated carbocycles. The molecule has 0 aliphatic heterocycles. The number of aromatic nitrogens is 4. The summed E-state index contributed by atoms with van der Waals surface area (Å²) in [6, 6.07) is 5.17. The maximum atomic E-state index is 6.03. The Kier molecular flexibility index (Phi) is 2.83. The Morgan fingerprint density at radius 2 is 2.00 bits per heavy atom. The average Bonchev–Trinajstić information content (AvgIpc) is 3.10. The lowest BCUT2D eigenvalue weighted by Crippen LogP contribution is -2.10. The second-order valence-electron chi connectivity index (χ2n) is 3.52. The Labute approximate surface area is 107 Å². The highest BCUT2D eigenvalue weighted by Crippen LogP contribution is 2.23. The van der Waals surface area contributed by atoms with E-state index in [9.17, 15) is 0 Å². The highest BCUT2D eigenvalue weighted by atomic mass is 32.1. The van der Waals surface area contributed by atoms with E-state index in [1.165, 1.54) is 0 Å². The van der Waals surface area contributed by atoms with Crippen LogP contribution < -0.4 is 5.73 Å². The zero-order valence-electron chi connectivity index (χ0n) is 9.22. The molecule has 0 fully saturated rings. The van der Waals surface area contributed by atoms with Gasteiger partial charge < -0.3 is 10.3 Å². The van der Waals surface area contributed by atoms with Crippen LogP contribution in [0.4, 0.5) is 0 Å². The van der Waals surface area contributed by atoms with Gasteiger partial charge in [0.15, 0.2) is 0 Å². The molecule has 0 aromatic carbocycles. The molecule has 7 heteroatoms. The fourth-order valence-corrected chi connectivity index (χ4v) is 2.18. The van der Waals surface area contributed by atoms with Crippen molar-refractivity contribution in [1.29, 1.82) is 0 Å². The molecule has 2 N–H and O–H groups in total. The second-order valence-corrected chi connectivity index (χ2v) is 4.50. The van der Waals surface area contributed by atoms with Crippen molar-refractivity contribution in [3.63, 3.8) is 0 Å². The van der Waals surface area contributed by atoms with Gasteiger partial charge in [0.1, 0.15) is 6.04 Å². The zero-order valence-corrected chi connectivity index (χ0v) is 10.0. The molecule has 6 nitrogen and oxygen atoms in total. The lowest BCUT2D eigenvalue weighted by molar-refractivity contribution is 0.368. The minimum Gasteiger partial charge on any atom is -0.337 e. The van der Waals surface area contributed by atoms with Crippen molar-refractivity contribution in [3.8, 4) is 11.6 Å². The third-order valence-corrected chi connectivity index (χ3v) is 3.28. The first-order valence-corrected chi connectivity index (χ1v) is 6.12. The number of rotatable bonds is 3. The topological polar surface area (TPSA) is 90.7 Å². The molecule has 0 amide bonds. The first-order chi connectivity index (χ1) is 8.84. The summed E-state index contributed by atoms with van der Waals surface area (Å²) in [5.74, 6) is 1.13. The largest absolute Gasteiger partial charge is 0.337 e. The molecule has 90 valence electrons. The van der Waals surface area contributed by atoms with Gasteiger partial charge in [0.2, 0.25) is 17.5 Å². The number of hydrogen-bond acceptors (Lipinski definition) is 7. The minimum atomic E-state index is -0.407. The predicted octanol–water partition coefficient (Wildman–Crippen LogP) is 1.64. The Balaban J connectivity index is 1.90. The van der Waals surface area contributed by atoms with Gasteiger partial charge in [-0.05, 0) is 17.5 Å². The molecule has 0 radical (unpaired) electrons.